The van der Waals surface area contributed by atoms with Crippen molar-refractivity contribution in [1.82, 2.24) is 14.5 Å². The van der Waals surface area contributed by atoms with Crippen molar-refractivity contribution < 1.29 is 9.84 Å². The molecule has 28 heavy (non-hydrogen) atoms. The molecule has 0 aliphatic heterocycles. The number of aliphatic hydroxyl groups is 1. The zero-order chi connectivity index (χ0) is 19.8. The molecule has 1 saturated carbocycles. The fourth-order valence-corrected chi connectivity index (χ4v) is 4.00. The minimum atomic E-state index is -0.301. The third kappa shape index (κ3) is 3.22. The second kappa shape index (κ2) is 7.24. The maximum absolute atomic E-state index is 13.5. The number of pyridine rings is 1. The van der Waals surface area contributed by atoms with Crippen molar-refractivity contribution in [2.75, 3.05) is 12.8 Å². The quantitative estimate of drug-likeness (QED) is 0.724. The van der Waals surface area contributed by atoms with Gasteiger partial charge >= 0.3 is 0 Å². The number of aliphatic hydroxyl groups excluding tert-OH is 1. The van der Waals surface area contributed by atoms with Crippen LogP contribution in [0.2, 0.25) is 0 Å². The highest BCUT2D eigenvalue weighted by molar-refractivity contribution is 5.84. The second-order valence-electron chi connectivity index (χ2n) is 7.33. The Morgan fingerprint density at radius 3 is 2.46 bits per heavy atom. The van der Waals surface area contributed by atoms with E-state index in [0.29, 0.717) is 24.1 Å². The van der Waals surface area contributed by atoms with Gasteiger partial charge in [-0.25, -0.2) is 4.98 Å². The van der Waals surface area contributed by atoms with Gasteiger partial charge in [0.2, 0.25) is 5.95 Å². The van der Waals surface area contributed by atoms with Gasteiger partial charge in [-0.05, 0) is 56.4 Å². The zero-order valence-corrected chi connectivity index (χ0v) is 16.1. The summed E-state index contributed by atoms with van der Waals surface area (Å²) in [5.41, 5.74) is 8.49. The van der Waals surface area contributed by atoms with Crippen LogP contribution in [0.5, 0.6) is 5.75 Å². The number of ether oxygens (including phenoxy) is 1. The lowest BCUT2D eigenvalue weighted by Gasteiger charge is -2.28. The minimum Gasteiger partial charge on any atom is -0.497 e. The molecule has 3 aromatic rings. The molecule has 0 unspecified atom stereocenters. The van der Waals surface area contributed by atoms with Crippen LogP contribution in [-0.4, -0.2) is 32.9 Å². The summed E-state index contributed by atoms with van der Waals surface area (Å²) in [6.45, 7) is 1.87. The SMILES string of the molecule is COc1ccc(-c2cc3c(C)nc(N)nc3n([C@H]3CC[C@H](O)CC3)c2=O)cc1. The summed E-state index contributed by atoms with van der Waals surface area (Å²) in [5, 5.41) is 10.7. The van der Waals surface area contributed by atoms with Crippen LogP contribution in [-0.2, 0) is 0 Å². The summed E-state index contributed by atoms with van der Waals surface area (Å²) >= 11 is 0. The Hall–Kier alpha value is -2.93. The van der Waals surface area contributed by atoms with E-state index >= 15 is 0 Å². The molecule has 0 radical (unpaired) electrons. The molecule has 0 atom stereocenters. The van der Waals surface area contributed by atoms with Crippen LogP contribution in [0.3, 0.4) is 0 Å². The van der Waals surface area contributed by atoms with Gasteiger partial charge in [0.25, 0.3) is 5.56 Å². The summed E-state index contributed by atoms with van der Waals surface area (Å²) in [5.74, 6) is 0.893. The Morgan fingerprint density at radius 1 is 1.14 bits per heavy atom. The van der Waals surface area contributed by atoms with Crippen molar-refractivity contribution in [3.63, 3.8) is 0 Å². The number of hydrogen-bond acceptors (Lipinski definition) is 6. The lowest BCUT2D eigenvalue weighted by Crippen LogP contribution is -2.31. The van der Waals surface area contributed by atoms with Gasteiger partial charge in [0.05, 0.1) is 18.9 Å². The Kier molecular flexibility index (Phi) is 4.77. The van der Waals surface area contributed by atoms with Crippen molar-refractivity contribution in [2.24, 2.45) is 0 Å². The Balaban J connectivity index is 1.96. The highest BCUT2D eigenvalue weighted by Crippen LogP contribution is 2.32. The molecule has 1 aliphatic rings. The number of rotatable bonds is 3. The maximum Gasteiger partial charge on any atom is 0.260 e. The molecule has 0 amide bonds. The first-order valence-corrected chi connectivity index (χ1v) is 9.49. The van der Waals surface area contributed by atoms with Crippen molar-refractivity contribution in [2.45, 2.75) is 44.8 Å². The van der Waals surface area contributed by atoms with Crippen LogP contribution >= 0.6 is 0 Å². The first-order chi connectivity index (χ1) is 13.5. The van der Waals surface area contributed by atoms with E-state index in [1.807, 2.05) is 37.3 Å². The number of aromatic nitrogens is 3. The molecule has 1 aromatic carbocycles. The van der Waals surface area contributed by atoms with Gasteiger partial charge in [0.15, 0.2) is 0 Å². The second-order valence-corrected chi connectivity index (χ2v) is 7.33. The van der Waals surface area contributed by atoms with Gasteiger partial charge in [-0.1, -0.05) is 12.1 Å². The van der Waals surface area contributed by atoms with E-state index in [4.69, 9.17) is 10.5 Å². The van der Waals surface area contributed by atoms with Gasteiger partial charge in [-0.3, -0.25) is 9.36 Å². The third-order valence-electron chi connectivity index (χ3n) is 5.53. The number of anilines is 1. The third-order valence-corrected chi connectivity index (χ3v) is 5.53. The number of nitrogen functional groups attached to an aromatic ring is 1. The molecule has 3 N–H and O–H groups in total. The molecule has 1 fully saturated rings. The smallest absolute Gasteiger partial charge is 0.260 e. The van der Waals surface area contributed by atoms with Crippen molar-refractivity contribution in [3.05, 3.63) is 46.4 Å². The average Bonchev–Trinajstić information content (AvgIpc) is 2.69. The highest BCUT2D eigenvalue weighted by Gasteiger charge is 2.25. The molecule has 146 valence electrons. The van der Waals surface area contributed by atoms with Crippen LogP contribution in [0.15, 0.2) is 35.1 Å². The first kappa shape index (κ1) is 18.4. The first-order valence-electron chi connectivity index (χ1n) is 9.49. The standard InChI is InChI=1S/C21H24N4O3/c1-12-17-11-18(13-3-9-16(28-2)10-4-13)20(27)25(19(17)24-21(22)23-12)14-5-7-15(26)8-6-14/h3-4,9-11,14-15,26H,5-8H2,1-2H3,(H2,22,23,24)/t14-,15-. The van der Waals surface area contributed by atoms with E-state index in [0.717, 1.165) is 35.2 Å². The lowest BCUT2D eigenvalue weighted by atomic mass is 9.92. The molecule has 0 bridgehead atoms. The largest absolute Gasteiger partial charge is 0.497 e. The van der Waals surface area contributed by atoms with E-state index in [1.165, 1.54) is 0 Å². The van der Waals surface area contributed by atoms with E-state index in [2.05, 4.69) is 9.97 Å². The molecule has 7 nitrogen and oxygen atoms in total. The van der Waals surface area contributed by atoms with E-state index in [9.17, 15) is 9.90 Å². The predicted octanol–water partition coefficient (Wildman–Crippen LogP) is 2.83. The van der Waals surface area contributed by atoms with Crippen LogP contribution < -0.4 is 16.0 Å². The number of benzene rings is 1. The molecule has 4 rings (SSSR count). The van der Waals surface area contributed by atoms with Crippen LogP contribution in [0.4, 0.5) is 5.95 Å². The highest BCUT2D eigenvalue weighted by atomic mass is 16.5. The lowest BCUT2D eigenvalue weighted by molar-refractivity contribution is 0.111. The molecule has 7 heteroatoms. The fraction of sp³-hybridized carbons (Fsp3) is 0.381. The van der Waals surface area contributed by atoms with Gasteiger partial charge in [-0.15, -0.1) is 0 Å². The van der Waals surface area contributed by atoms with E-state index in [-0.39, 0.29) is 23.7 Å². The average molecular weight is 380 g/mol. The topological polar surface area (TPSA) is 103 Å². The number of nitrogens with zero attached hydrogens (tertiary/aromatic N) is 3. The summed E-state index contributed by atoms with van der Waals surface area (Å²) in [7, 11) is 1.61. The van der Waals surface area contributed by atoms with Crippen LogP contribution in [0.1, 0.15) is 37.4 Å². The Labute approximate surface area is 162 Å². The molecular weight excluding hydrogens is 356 g/mol. The number of hydrogen-bond donors (Lipinski definition) is 2. The zero-order valence-electron chi connectivity index (χ0n) is 16.1. The molecule has 2 heterocycles. The van der Waals surface area contributed by atoms with Crippen molar-refractivity contribution >= 4 is 17.0 Å². The van der Waals surface area contributed by atoms with Crippen molar-refractivity contribution in [1.29, 1.82) is 0 Å². The van der Waals surface area contributed by atoms with Gasteiger partial charge < -0.3 is 15.6 Å². The maximum atomic E-state index is 13.5. The van der Waals surface area contributed by atoms with Crippen molar-refractivity contribution in [3.8, 4) is 16.9 Å². The summed E-state index contributed by atoms with van der Waals surface area (Å²) in [6.07, 6.45) is 2.50. The number of fused-ring (bicyclic) bond motifs is 1. The van der Waals surface area contributed by atoms with Gasteiger partial charge in [0.1, 0.15) is 11.4 Å². The minimum absolute atomic E-state index is 0.0229. The predicted molar refractivity (Wildman–Crippen MR) is 108 cm³/mol. The summed E-state index contributed by atoms with van der Waals surface area (Å²) < 4.78 is 6.98. The monoisotopic (exact) mass is 380 g/mol. The van der Waals surface area contributed by atoms with Crippen LogP contribution in [0.25, 0.3) is 22.2 Å². The molecule has 0 spiro atoms. The van der Waals surface area contributed by atoms with Gasteiger partial charge in [0, 0.05) is 17.0 Å². The number of nitrogens with two attached hydrogens (primary N) is 1. The number of aryl methyl sites for hydroxylation is 1. The Bertz CT molecular complexity index is 1070. The molecule has 0 saturated heterocycles. The molecule has 1 aliphatic carbocycles. The summed E-state index contributed by atoms with van der Waals surface area (Å²) in [6, 6.07) is 9.26. The number of methoxy groups -OCH3 is 1. The van der Waals surface area contributed by atoms with Gasteiger partial charge in [-0.2, -0.15) is 4.98 Å². The van der Waals surface area contributed by atoms with Crippen LogP contribution in [0, 0.1) is 6.92 Å². The molecular formula is C21H24N4O3. The molecule has 2 aromatic heterocycles. The fourth-order valence-electron chi connectivity index (χ4n) is 4.00. The van der Waals surface area contributed by atoms with E-state index < -0.39 is 0 Å². The Morgan fingerprint density at radius 2 is 1.82 bits per heavy atom. The van der Waals surface area contributed by atoms with E-state index in [1.54, 1.807) is 11.7 Å². The summed E-state index contributed by atoms with van der Waals surface area (Å²) in [4.78, 5) is 22.2. The normalized spacial score (nSPS) is 19.7.